The first-order chi connectivity index (χ1) is 9.58. The van der Waals surface area contributed by atoms with Crippen LogP contribution in [0.15, 0.2) is 16.7 Å². The first-order valence-electron chi connectivity index (χ1n) is 6.16. The van der Waals surface area contributed by atoms with E-state index in [4.69, 9.17) is 24.1 Å². The number of ether oxygens (including phenoxy) is 2. The monoisotopic (exact) mass is 290 g/mol. The van der Waals surface area contributed by atoms with Crippen molar-refractivity contribution < 1.29 is 39.4 Å². The molecule has 8 heteroatoms. The lowest BCUT2D eigenvalue weighted by atomic mass is 9.99. The number of aliphatic hydroxyl groups is 5. The minimum Gasteiger partial charge on any atom is -0.467 e. The summed E-state index contributed by atoms with van der Waals surface area (Å²) in [6, 6.07) is 1.59. The third-order valence-corrected chi connectivity index (χ3v) is 3.23. The first-order valence-corrected chi connectivity index (χ1v) is 6.16. The number of furan rings is 1. The summed E-state index contributed by atoms with van der Waals surface area (Å²) in [6.45, 7) is -0.826. The zero-order chi connectivity index (χ0) is 14.7. The first kappa shape index (κ1) is 15.4. The molecule has 0 radical (unpaired) electrons. The normalized spacial score (nSPS) is 34.4. The molecule has 1 aromatic heterocycles. The van der Waals surface area contributed by atoms with Crippen LogP contribution < -0.4 is 0 Å². The van der Waals surface area contributed by atoms with Crippen LogP contribution in [0.25, 0.3) is 0 Å². The molecule has 20 heavy (non-hydrogen) atoms. The third kappa shape index (κ3) is 3.01. The van der Waals surface area contributed by atoms with Gasteiger partial charge in [-0.3, -0.25) is 0 Å². The van der Waals surface area contributed by atoms with E-state index in [1.165, 1.54) is 6.26 Å². The molecule has 114 valence electrons. The Morgan fingerprint density at radius 1 is 1.10 bits per heavy atom. The summed E-state index contributed by atoms with van der Waals surface area (Å²) in [5, 5.41) is 47.0. The molecule has 0 aromatic carbocycles. The zero-order valence-corrected chi connectivity index (χ0v) is 10.6. The topological polar surface area (TPSA) is 133 Å². The quantitative estimate of drug-likeness (QED) is 0.424. The van der Waals surface area contributed by atoms with Gasteiger partial charge in [-0.05, 0) is 6.07 Å². The molecule has 1 aromatic rings. The van der Waals surface area contributed by atoms with Gasteiger partial charge in [-0.25, -0.2) is 0 Å². The Morgan fingerprint density at radius 2 is 1.85 bits per heavy atom. The summed E-state index contributed by atoms with van der Waals surface area (Å²) in [4.78, 5) is 0. The van der Waals surface area contributed by atoms with Gasteiger partial charge in [0.15, 0.2) is 6.29 Å². The molecule has 0 saturated carbocycles. The van der Waals surface area contributed by atoms with Gasteiger partial charge < -0.3 is 39.4 Å². The highest BCUT2D eigenvalue weighted by molar-refractivity contribution is 5.15. The average molecular weight is 290 g/mol. The summed E-state index contributed by atoms with van der Waals surface area (Å²) >= 11 is 0. The van der Waals surface area contributed by atoms with Gasteiger partial charge in [0.1, 0.15) is 36.8 Å². The molecule has 2 rings (SSSR count). The lowest BCUT2D eigenvalue weighted by Crippen LogP contribution is -2.59. The summed E-state index contributed by atoms with van der Waals surface area (Å²) < 4.78 is 15.5. The van der Waals surface area contributed by atoms with Gasteiger partial charge in [0.05, 0.1) is 19.5 Å². The summed E-state index contributed by atoms with van der Waals surface area (Å²) in [5.41, 5.74) is 0.574. The van der Waals surface area contributed by atoms with Crippen LogP contribution in [0, 0.1) is 0 Å². The molecule has 8 nitrogen and oxygen atoms in total. The molecule has 5 N–H and O–H groups in total. The van der Waals surface area contributed by atoms with Gasteiger partial charge in [-0.15, -0.1) is 0 Å². The molecule has 0 bridgehead atoms. The predicted octanol–water partition coefficient (Wildman–Crippen LogP) is -1.91. The molecule has 1 fully saturated rings. The van der Waals surface area contributed by atoms with Gasteiger partial charge in [0, 0.05) is 5.56 Å². The Hall–Kier alpha value is -1.00. The Kier molecular flexibility index (Phi) is 5.11. The molecule has 0 amide bonds. The van der Waals surface area contributed by atoms with Crippen molar-refractivity contribution in [2.75, 3.05) is 6.61 Å². The van der Waals surface area contributed by atoms with Crippen molar-refractivity contribution in [2.45, 2.75) is 43.9 Å². The van der Waals surface area contributed by atoms with Crippen molar-refractivity contribution in [3.8, 4) is 0 Å². The van der Waals surface area contributed by atoms with Gasteiger partial charge in [0.25, 0.3) is 0 Å². The van der Waals surface area contributed by atoms with E-state index < -0.39 is 37.3 Å². The lowest BCUT2D eigenvalue weighted by molar-refractivity contribution is -0.304. The fourth-order valence-corrected chi connectivity index (χ4v) is 2.01. The molecule has 1 unspecified atom stereocenters. The predicted molar refractivity (Wildman–Crippen MR) is 63.2 cm³/mol. The fraction of sp³-hybridized carbons (Fsp3) is 0.667. The molecular formula is C12H18O8. The largest absolute Gasteiger partial charge is 0.467 e. The van der Waals surface area contributed by atoms with Gasteiger partial charge >= 0.3 is 0 Å². The highest BCUT2D eigenvalue weighted by atomic mass is 16.7. The number of hydrogen-bond donors (Lipinski definition) is 5. The van der Waals surface area contributed by atoms with Crippen molar-refractivity contribution in [3.63, 3.8) is 0 Å². The third-order valence-electron chi connectivity index (χ3n) is 3.23. The standard InChI is InChI=1S/C12H18O8/c13-3-7-6(1-2-18-7)5-19-12-11(17)10(16)9(15)8(4-14)20-12/h1-2,8-17H,3-5H2/t8-,9-,10+,11-,12?/m1/s1. The highest BCUT2D eigenvalue weighted by Crippen LogP contribution is 2.23. The van der Waals surface area contributed by atoms with Crippen LogP contribution in [0.5, 0.6) is 0 Å². The van der Waals surface area contributed by atoms with Crippen LogP contribution >= 0.6 is 0 Å². The summed E-state index contributed by atoms with van der Waals surface area (Å²) in [6.07, 6.45) is -5.17. The Labute approximate surface area is 114 Å². The molecule has 0 spiro atoms. The molecule has 5 atom stereocenters. The number of hydrogen-bond acceptors (Lipinski definition) is 8. The van der Waals surface area contributed by atoms with E-state index in [9.17, 15) is 15.3 Å². The fourth-order valence-electron chi connectivity index (χ4n) is 2.01. The Bertz CT molecular complexity index is 417. The van der Waals surface area contributed by atoms with Crippen molar-refractivity contribution >= 4 is 0 Å². The second-order valence-corrected chi connectivity index (χ2v) is 4.54. The maximum atomic E-state index is 9.76. The van der Waals surface area contributed by atoms with Crippen LogP contribution in [-0.2, 0) is 22.7 Å². The highest BCUT2D eigenvalue weighted by Gasteiger charge is 2.44. The Balaban J connectivity index is 1.98. The summed E-state index contributed by atoms with van der Waals surface area (Å²) in [7, 11) is 0. The van der Waals surface area contributed by atoms with E-state index in [1.807, 2.05) is 0 Å². The van der Waals surface area contributed by atoms with E-state index >= 15 is 0 Å². The van der Waals surface area contributed by atoms with Crippen LogP contribution in [0.2, 0.25) is 0 Å². The SMILES string of the molecule is OCc1occc1COC1O[C@H](CO)[C@@H](O)[C@H](O)[C@H]1O. The second kappa shape index (κ2) is 6.64. The molecular weight excluding hydrogens is 272 g/mol. The summed E-state index contributed by atoms with van der Waals surface area (Å²) in [5.74, 6) is 0.328. The van der Waals surface area contributed by atoms with E-state index in [0.29, 0.717) is 11.3 Å². The van der Waals surface area contributed by atoms with Crippen molar-refractivity contribution in [2.24, 2.45) is 0 Å². The number of aliphatic hydroxyl groups excluding tert-OH is 5. The van der Waals surface area contributed by atoms with E-state index in [0.717, 1.165) is 0 Å². The van der Waals surface area contributed by atoms with Crippen LogP contribution in [-0.4, -0.2) is 62.8 Å². The lowest BCUT2D eigenvalue weighted by Gasteiger charge is -2.39. The van der Waals surface area contributed by atoms with Crippen molar-refractivity contribution in [1.29, 1.82) is 0 Å². The smallest absolute Gasteiger partial charge is 0.187 e. The van der Waals surface area contributed by atoms with Gasteiger partial charge in [-0.2, -0.15) is 0 Å². The minimum absolute atomic E-state index is 0.0188. The minimum atomic E-state index is -1.48. The van der Waals surface area contributed by atoms with E-state index in [-0.39, 0.29) is 13.2 Å². The molecule has 2 heterocycles. The van der Waals surface area contributed by atoms with Crippen molar-refractivity contribution in [3.05, 3.63) is 23.7 Å². The molecule has 1 aliphatic heterocycles. The zero-order valence-electron chi connectivity index (χ0n) is 10.6. The number of rotatable bonds is 5. The van der Waals surface area contributed by atoms with Crippen molar-refractivity contribution in [1.82, 2.24) is 0 Å². The van der Waals surface area contributed by atoms with Crippen LogP contribution in [0.1, 0.15) is 11.3 Å². The van der Waals surface area contributed by atoms with Crippen LogP contribution in [0.3, 0.4) is 0 Å². The maximum absolute atomic E-state index is 9.76. The Morgan fingerprint density at radius 3 is 2.50 bits per heavy atom. The van der Waals surface area contributed by atoms with Gasteiger partial charge in [0.2, 0.25) is 0 Å². The van der Waals surface area contributed by atoms with E-state index in [2.05, 4.69) is 0 Å². The maximum Gasteiger partial charge on any atom is 0.187 e. The molecule has 1 aliphatic rings. The molecule has 0 aliphatic carbocycles. The second-order valence-electron chi connectivity index (χ2n) is 4.54. The van der Waals surface area contributed by atoms with Crippen LogP contribution in [0.4, 0.5) is 0 Å². The van der Waals surface area contributed by atoms with Gasteiger partial charge in [-0.1, -0.05) is 0 Å². The molecule has 1 saturated heterocycles. The average Bonchev–Trinajstić information content (AvgIpc) is 2.91. The van der Waals surface area contributed by atoms with E-state index in [1.54, 1.807) is 6.07 Å².